The van der Waals surface area contributed by atoms with Crippen LogP contribution in [-0.4, -0.2) is 28.1 Å². The number of nitrogens with one attached hydrogen (secondary N) is 1. The van der Waals surface area contributed by atoms with E-state index in [-0.39, 0.29) is 29.0 Å². The minimum Gasteiger partial charge on any atom is -0.366 e. The molecule has 0 unspecified atom stereocenters. The van der Waals surface area contributed by atoms with Crippen LogP contribution in [0, 0.1) is 18.8 Å². The molecule has 8 heteroatoms. The van der Waals surface area contributed by atoms with Crippen molar-refractivity contribution in [2.75, 3.05) is 18.0 Å². The number of hydrogen-bond acceptors (Lipinski definition) is 5. The number of piperidine rings is 1. The highest BCUT2D eigenvalue weighted by molar-refractivity contribution is 7.09. The Morgan fingerprint density at radius 2 is 1.79 bits per heavy atom. The summed E-state index contributed by atoms with van der Waals surface area (Å²) < 4.78 is 3.00. The molecule has 1 aliphatic heterocycles. The van der Waals surface area contributed by atoms with Crippen LogP contribution < -0.4 is 21.5 Å². The van der Waals surface area contributed by atoms with Gasteiger partial charge in [0.1, 0.15) is 5.69 Å². The number of nitrogens with zero attached hydrogens (tertiary/aromatic N) is 3. The van der Waals surface area contributed by atoms with Gasteiger partial charge in [0.2, 0.25) is 5.91 Å². The molecule has 3 aromatic rings. The Labute approximate surface area is 203 Å². The number of amides is 1. The summed E-state index contributed by atoms with van der Waals surface area (Å²) in [6.07, 6.45) is 1.34. The van der Waals surface area contributed by atoms with Crippen LogP contribution in [0.1, 0.15) is 37.3 Å². The fourth-order valence-electron chi connectivity index (χ4n) is 4.61. The molecule has 1 aromatic carbocycles. The summed E-state index contributed by atoms with van der Waals surface area (Å²) in [4.78, 5) is 42.7. The summed E-state index contributed by atoms with van der Waals surface area (Å²) in [5.74, 6) is 0.147. The van der Waals surface area contributed by atoms with Crippen LogP contribution in [0.3, 0.4) is 0 Å². The van der Waals surface area contributed by atoms with E-state index in [0.717, 1.165) is 10.6 Å². The van der Waals surface area contributed by atoms with Gasteiger partial charge >= 0.3 is 5.69 Å². The predicted octanol–water partition coefficient (Wildman–Crippen LogP) is 3.56. The zero-order valence-corrected chi connectivity index (χ0v) is 20.8. The molecule has 1 N–H and O–H groups in total. The summed E-state index contributed by atoms with van der Waals surface area (Å²) in [5.41, 5.74) is 1.38. The van der Waals surface area contributed by atoms with Crippen LogP contribution >= 0.6 is 11.3 Å². The topological polar surface area (TPSA) is 76.3 Å². The van der Waals surface area contributed by atoms with Crippen LogP contribution in [0.4, 0.5) is 5.69 Å². The highest BCUT2D eigenvalue weighted by Crippen LogP contribution is 2.24. The predicted molar refractivity (Wildman–Crippen MR) is 137 cm³/mol. The van der Waals surface area contributed by atoms with Crippen LogP contribution in [0.2, 0.25) is 0 Å². The van der Waals surface area contributed by atoms with E-state index in [4.69, 9.17) is 0 Å². The van der Waals surface area contributed by atoms with Crippen LogP contribution in [0.5, 0.6) is 0 Å². The number of hydrogen-bond donors (Lipinski definition) is 1. The van der Waals surface area contributed by atoms with Gasteiger partial charge in [-0.15, -0.1) is 11.3 Å². The summed E-state index contributed by atoms with van der Waals surface area (Å²) in [5, 5.41) is 5.05. The minimum atomic E-state index is -0.311. The maximum absolute atomic E-state index is 13.5. The highest BCUT2D eigenvalue weighted by Gasteiger charge is 2.29. The first-order valence-electron chi connectivity index (χ1n) is 11.8. The molecule has 3 heterocycles. The fraction of sp³-hybridized carbons (Fsp3) is 0.423. The van der Waals surface area contributed by atoms with E-state index in [1.807, 2.05) is 68.6 Å². The molecule has 180 valence electrons. The van der Waals surface area contributed by atoms with E-state index >= 15 is 0 Å². The molecule has 0 spiro atoms. The Bertz CT molecular complexity index is 1240. The van der Waals surface area contributed by atoms with E-state index in [1.54, 1.807) is 15.9 Å². The maximum Gasteiger partial charge on any atom is 0.335 e. The van der Waals surface area contributed by atoms with Crippen molar-refractivity contribution in [3.8, 4) is 5.69 Å². The number of aromatic nitrogens is 2. The van der Waals surface area contributed by atoms with Crippen molar-refractivity contribution in [3.63, 3.8) is 0 Å². The Kier molecular flexibility index (Phi) is 7.36. The lowest BCUT2D eigenvalue weighted by atomic mass is 9.95. The van der Waals surface area contributed by atoms with E-state index in [2.05, 4.69) is 10.2 Å². The molecule has 1 fully saturated rings. The number of benzene rings is 1. The SMILES string of the molecule is Cc1c(N2CCC(C(=O)NCc3cccs3)CC2)c(=O)n(CC(C)C)c(=O)n1-c1ccccc1. The van der Waals surface area contributed by atoms with Gasteiger partial charge in [0.15, 0.2) is 0 Å². The second kappa shape index (κ2) is 10.4. The summed E-state index contributed by atoms with van der Waals surface area (Å²) >= 11 is 1.63. The van der Waals surface area contributed by atoms with Gasteiger partial charge in [-0.3, -0.25) is 18.7 Å². The van der Waals surface area contributed by atoms with Crippen molar-refractivity contribution in [2.24, 2.45) is 11.8 Å². The van der Waals surface area contributed by atoms with Gasteiger partial charge in [0.25, 0.3) is 5.56 Å². The van der Waals surface area contributed by atoms with Crippen molar-refractivity contribution in [2.45, 2.75) is 46.7 Å². The zero-order chi connectivity index (χ0) is 24.2. The number of anilines is 1. The third kappa shape index (κ3) is 5.01. The van der Waals surface area contributed by atoms with E-state index in [0.29, 0.717) is 50.4 Å². The molecule has 1 amide bonds. The Hall–Kier alpha value is -3.13. The van der Waals surface area contributed by atoms with Crippen LogP contribution in [0.25, 0.3) is 5.69 Å². The summed E-state index contributed by atoms with van der Waals surface area (Å²) in [7, 11) is 0. The smallest absolute Gasteiger partial charge is 0.335 e. The first kappa shape index (κ1) is 24.0. The fourth-order valence-corrected chi connectivity index (χ4v) is 5.25. The lowest BCUT2D eigenvalue weighted by Gasteiger charge is -2.34. The monoisotopic (exact) mass is 480 g/mol. The third-order valence-corrected chi connectivity index (χ3v) is 7.19. The number of thiophene rings is 1. The summed E-state index contributed by atoms with van der Waals surface area (Å²) in [6.45, 7) is 7.95. The molecule has 7 nitrogen and oxygen atoms in total. The average Bonchev–Trinajstić information content (AvgIpc) is 3.35. The van der Waals surface area contributed by atoms with Crippen molar-refractivity contribution in [3.05, 3.63) is 79.3 Å². The number of carbonyl (C=O) groups is 1. The van der Waals surface area contributed by atoms with E-state index < -0.39 is 0 Å². The second-order valence-electron chi connectivity index (χ2n) is 9.26. The van der Waals surface area contributed by atoms with Gasteiger partial charge in [0.05, 0.1) is 17.9 Å². The molecule has 4 rings (SSSR count). The first-order chi connectivity index (χ1) is 16.4. The average molecular weight is 481 g/mol. The molecule has 1 aliphatic rings. The van der Waals surface area contributed by atoms with Crippen molar-refractivity contribution >= 4 is 22.9 Å². The molecule has 0 aliphatic carbocycles. The zero-order valence-electron chi connectivity index (χ0n) is 20.0. The molecular weight excluding hydrogens is 448 g/mol. The molecule has 0 atom stereocenters. The van der Waals surface area contributed by atoms with Gasteiger partial charge in [-0.1, -0.05) is 38.1 Å². The molecule has 0 bridgehead atoms. The molecule has 34 heavy (non-hydrogen) atoms. The first-order valence-corrected chi connectivity index (χ1v) is 12.7. The van der Waals surface area contributed by atoms with Crippen LogP contribution in [-0.2, 0) is 17.9 Å². The molecular formula is C26H32N4O3S. The van der Waals surface area contributed by atoms with E-state index in [9.17, 15) is 14.4 Å². The molecule has 0 radical (unpaired) electrons. The minimum absolute atomic E-state index is 0.0660. The Balaban J connectivity index is 1.60. The van der Waals surface area contributed by atoms with Crippen molar-refractivity contribution in [1.29, 1.82) is 0 Å². The third-order valence-electron chi connectivity index (χ3n) is 6.31. The maximum atomic E-state index is 13.5. The number of para-hydroxylation sites is 1. The standard InChI is InChI=1S/C26H32N4O3S/c1-18(2)17-29-25(32)23(19(3)30(26(29)33)21-8-5-4-6-9-21)28-13-11-20(12-14-28)24(31)27-16-22-10-7-15-34-22/h4-10,15,18,20H,11-14,16-17H2,1-3H3,(H,27,31). The lowest BCUT2D eigenvalue weighted by Crippen LogP contribution is -2.47. The van der Waals surface area contributed by atoms with Gasteiger partial charge in [-0.05, 0) is 49.3 Å². The quantitative estimate of drug-likeness (QED) is 0.561. The normalized spacial score (nSPS) is 14.5. The van der Waals surface area contributed by atoms with Gasteiger partial charge in [-0.2, -0.15) is 0 Å². The lowest BCUT2D eigenvalue weighted by molar-refractivity contribution is -0.125. The van der Waals surface area contributed by atoms with Gasteiger partial charge < -0.3 is 10.2 Å². The largest absolute Gasteiger partial charge is 0.366 e. The highest BCUT2D eigenvalue weighted by atomic mass is 32.1. The Morgan fingerprint density at radius 3 is 2.41 bits per heavy atom. The van der Waals surface area contributed by atoms with Gasteiger partial charge in [-0.25, -0.2) is 4.79 Å². The van der Waals surface area contributed by atoms with Crippen LogP contribution in [0.15, 0.2) is 57.4 Å². The van der Waals surface area contributed by atoms with Gasteiger partial charge in [0, 0.05) is 30.4 Å². The molecule has 1 saturated heterocycles. The second-order valence-corrected chi connectivity index (χ2v) is 10.3. The molecule has 0 saturated carbocycles. The molecule has 2 aromatic heterocycles. The number of rotatable bonds is 7. The van der Waals surface area contributed by atoms with E-state index in [1.165, 1.54) is 4.57 Å². The number of carbonyl (C=O) groups excluding carboxylic acids is 1. The van der Waals surface area contributed by atoms with Crippen molar-refractivity contribution < 1.29 is 4.79 Å². The Morgan fingerprint density at radius 1 is 1.09 bits per heavy atom. The van der Waals surface area contributed by atoms with Crippen molar-refractivity contribution in [1.82, 2.24) is 14.5 Å². The summed E-state index contributed by atoms with van der Waals surface area (Å²) in [6, 6.07) is 13.4.